The molecule has 0 amide bonds. The fourth-order valence-corrected chi connectivity index (χ4v) is 4.34. The van der Waals surface area contributed by atoms with Gasteiger partial charge in [0.1, 0.15) is 23.8 Å². The number of nitrogens with two attached hydrogens (primary N) is 2. The molecule has 14 nitrogen and oxygen atoms in total. The summed E-state index contributed by atoms with van der Waals surface area (Å²) in [6, 6.07) is 0. The van der Waals surface area contributed by atoms with Gasteiger partial charge in [-0.05, 0) is 20.3 Å². The highest BCUT2D eigenvalue weighted by Crippen LogP contribution is 2.44. The Morgan fingerprint density at radius 2 is 1.33 bits per heavy atom. The molecule has 2 saturated heterocycles. The standard InChI is InChI=1S/C12H17F2N3O4.C12H13F2N3O4/c2*1-3-6-4-17(11(20)16-9(6)15)10-12(13,14)8(19)7(21-10)5(2)18/h4-5,7-8,10,18-19H,3H2,1-2H3,(H2,15,16,20);1,4-5,7-8,10,18-19H,2H3,(H2,15,16,20)/t2*5?,7-,8-,10-/m11/s1. The van der Waals surface area contributed by atoms with Gasteiger partial charge in [-0.2, -0.15) is 27.5 Å². The third kappa shape index (κ3) is 5.84. The van der Waals surface area contributed by atoms with E-state index in [1.165, 1.54) is 13.8 Å². The first-order chi connectivity index (χ1) is 19.4. The van der Waals surface area contributed by atoms with Gasteiger partial charge < -0.3 is 41.4 Å². The Morgan fingerprint density at radius 1 is 0.929 bits per heavy atom. The molecule has 8 atom stereocenters. The predicted octanol–water partition coefficient (Wildman–Crippen LogP) is -1.26. The Morgan fingerprint density at radius 3 is 1.69 bits per heavy atom. The van der Waals surface area contributed by atoms with Crippen molar-refractivity contribution in [2.24, 2.45) is 0 Å². The van der Waals surface area contributed by atoms with Gasteiger partial charge in [0, 0.05) is 18.0 Å². The van der Waals surface area contributed by atoms with Gasteiger partial charge in [-0.1, -0.05) is 12.8 Å². The highest BCUT2D eigenvalue weighted by atomic mass is 19.3. The minimum Gasteiger partial charge on any atom is -0.391 e. The lowest BCUT2D eigenvalue weighted by Crippen LogP contribution is -2.43. The number of hydrogen-bond acceptors (Lipinski definition) is 12. The molecule has 2 fully saturated rings. The molecule has 2 aliphatic heterocycles. The molecule has 2 aromatic rings. The Bertz CT molecular complexity index is 1460. The lowest BCUT2D eigenvalue weighted by atomic mass is 10.1. The van der Waals surface area contributed by atoms with Gasteiger partial charge in [-0.3, -0.25) is 9.13 Å². The van der Waals surface area contributed by atoms with E-state index in [2.05, 4.69) is 15.9 Å². The van der Waals surface area contributed by atoms with E-state index in [9.17, 15) is 47.6 Å². The average molecular weight is 607 g/mol. The van der Waals surface area contributed by atoms with Crippen LogP contribution in [-0.4, -0.2) is 88.0 Å². The number of halogens is 4. The fraction of sp³-hybridized carbons (Fsp3) is 0.583. The van der Waals surface area contributed by atoms with E-state index in [0.29, 0.717) is 21.1 Å². The molecule has 42 heavy (non-hydrogen) atoms. The van der Waals surface area contributed by atoms with E-state index in [1.807, 2.05) is 0 Å². The van der Waals surface area contributed by atoms with E-state index >= 15 is 0 Å². The van der Waals surface area contributed by atoms with Crippen LogP contribution in [0.2, 0.25) is 0 Å². The second-order valence-corrected chi connectivity index (χ2v) is 9.69. The summed E-state index contributed by atoms with van der Waals surface area (Å²) in [5, 5.41) is 37.9. The van der Waals surface area contributed by atoms with E-state index < -0.39 is 72.3 Å². The normalized spacial score (nSPS) is 29.3. The smallest absolute Gasteiger partial charge is 0.351 e. The summed E-state index contributed by atoms with van der Waals surface area (Å²) < 4.78 is 67.3. The van der Waals surface area contributed by atoms with Crippen LogP contribution in [0.15, 0.2) is 22.0 Å². The van der Waals surface area contributed by atoms with Crippen LogP contribution in [0.3, 0.4) is 0 Å². The van der Waals surface area contributed by atoms with Gasteiger partial charge in [0.2, 0.25) is 12.5 Å². The maximum Gasteiger partial charge on any atom is 0.351 e. The zero-order valence-electron chi connectivity index (χ0n) is 22.4. The number of terminal acetylenes is 1. The number of nitrogen functional groups attached to an aromatic ring is 2. The average Bonchev–Trinajstić information content (AvgIpc) is 3.28. The second kappa shape index (κ2) is 11.9. The molecule has 2 unspecified atom stereocenters. The minimum absolute atomic E-state index is 0.0345. The van der Waals surface area contributed by atoms with Crippen LogP contribution >= 0.6 is 0 Å². The summed E-state index contributed by atoms with van der Waals surface area (Å²) in [6.07, 6.45) is -6.85. The molecular weight excluding hydrogens is 576 g/mol. The van der Waals surface area contributed by atoms with Crippen molar-refractivity contribution in [2.75, 3.05) is 11.5 Å². The van der Waals surface area contributed by atoms with Crippen molar-refractivity contribution in [2.45, 2.75) is 88.1 Å². The van der Waals surface area contributed by atoms with Gasteiger partial charge in [-0.25, -0.2) is 9.59 Å². The number of ether oxygens (including phenoxy) is 2. The number of aryl methyl sites for hydroxylation is 1. The van der Waals surface area contributed by atoms with Crippen molar-refractivity contribution in [1.82, 2.24) is 19.1 Å². The van der Waals surface area contributed by atoms with Gasteiger partial charge in [0.05, 0.1) is 17.8 Å². The number of aromatic nitrogens is 4. The minimum atomic E-state index is -3.81. The molecule has 18 heteroatoms. The third-order valence-corrected chi connectivity index (χ3v) is 6.68. The molecule has 2 aromatic heterocycles. The molecule has 0 radical (unpaired) electrons. The van der Waals surface area contributed by atoms with Crippen LogP contribution in [0.1, 0.15) is 44.4 Å². The van der Waals surface area contributed by atoms with Crippen molar-refractivity contribution in [3.05, 3.63) is 44.5 Å². The summed E-state index contributed by atoms with van der Waals surface area (Å²) in [7, 11) is 0. The Labute approximate surface area is 235 Å². The topological polar surface area (TPSA) is 221 Å². The number of rotatable bonds is 5. The molecule has 2 aliphatic rings. The first-order valence-corrected chi connectivity index (χ1v) is 12.4. The van der Waals surface area contributed by atoms with Crippen LogP contribution in [0.4, 0.5) is 29.2 Å². The number of hydrogen-bond donors (Lipinski definition) is 6. The van der Waals surface area contributed by atoms with Gasteiger partial charge in [-0.15, -0.1) is 6.42 Å². The zero-order chi connectivity index (χ0) is 31.9. The SMILES string of the molecule is C#Cc1cn([C@@H]2O[C@H](C(C)O)[C@@H](O)C2(F)F)c(=O)nc1N.CCc1cn([C@@H]2O[C@H](C(C)O)[C@@H](O)C2(F)F)c(=O)nc1N. The molecule has 0 bridgehead atoms. The first kappa shape index (κ1) is 32.9. The Kier molecular flexibility index (Phi) is 9.36. The number of aliphatic hydroxyl groups excluding tert-OH is 4. The summed E-state index contributed by atoms with van der Waals surface area (Å²) in [6.45, 7) is 4.13. The number of alkyl halides is 4. The van der Waals surface area contributed by atoms with E-state index in [4.69, 9.17) is 27.4 Å². The molecule has 8 N–H and O–H groups in total. The first-order valence-electron chi connectivity index (χ1n) is 12.4. The van der Waals surface area contributed by atoms with E-state index in [1.54, 1.807) is 6.92 Å². The molecule has 0 aliphatic carbocycles. The van der Waals surface area contributed by atoms with E-state index in [-0.39, 0.29) is 17.2 Å². The predicted molar refractivity (Wildman–Crippen MR) is 136 cm³/mol. The summed E-state index contributed by atoms with van der Waals surface area (Å²) in [5.41, 5.74) is 9.14. The number of nitrogens with zero attached hydrogens (tertiary/aromatic N) is 4. The van der Waals surface area contributed by atoms with Crippen LogP contribution in [0.5, 0.6) is 0 Å². The van der Waals surface area contributed by atoms with Crippen molar-refractivity contribution < 1.29 is 47.5 Å². The van der Waals surface area contributed by atoms with Crippen LogP contribution in [0.25, 0.3) is 0 Å². The zero-order valence-corrected chi connectivity index (χ0v) is 22.4. The maximum absolute atomic E-state index is 14.1. The van der Waals surface area contributed by atoms with E-state index in [0.717, 1.165) is 12.4 Å². The van der Waals surface area contributed by atoms with Crippen LogP contribution < -0.4 is 22.8 Å². The molecular formula is C24H30F4N6O8. The van der Waals surface area contributed by atoms with Crippen molar-refractivity contribution >= 4 is 11.6 Å². The molecule has 4 rings (SSSR count). The fourth-order valence-electron chi connectivity index (χ4n) is 4.34. The molecule has 0 saturated carbocycles. The van der Waals surface area contributed by atoms with Gasteiger partial charge in [0.25, 0.3) is 0 Å². The second-order valence-electron chi connectivity index (χ2n) is 9.69. The summed E-state index contributed by atoms with van der Waals surface area (Å²) in [4.78, 5) is 30.3. The van der Waals surface area contributed by atoms with Crippen LogP contribution in [-0.2, 0) is 15.9 Å². The van der Waals surface area contributed by atoms with Gasteiger partial charge >= 0.3 is 23.2 Å². The summed E-state index contributed by atoms with van der Waals surface area (Å²) >= 11 is 0. The highest BCUT2D eigenvalue weighted by Gasteiger charge is 2.61. The molecule has 232 valence electrons. The van der Waals surface area contributed by atoms with Crippen molar-refractivity contribution in [3.8, 4) is 12.3 Å². The quantitative estimate of drug-likeness (QED) is 0.174. The number of anilines is 2. The molecule has 0 spiro atoms. The van der Waals surface area contributed by atoms with Gasteiger partial charge in [0.15, 0.2) is 12.2 Å². The van der Waals surface area contributed by atoms with Crippen LogP contribution in [0, 0.1) is 12.3 Å². The Hall–Kier alpha value is -3.60. The lowest BCUT2D eigenvalue weighted by molar-refractivity contribution is -0.141. The van der Waals surface area contributed by atoms with Crippen molar-refractivity contribution in [1.29, 1.82) is 0 Å². The third-order valence-electron chi connectivity index (χ3n) is 6.68. The number of aliphatic hydroxyl groups is 4. The monoisotopic (exact) mass is 606 g/mol. The largest absolute Gasteiger partial charge is 0.391 e. The summed E-state index contributed by atoms with van der Waals surface area (Å²) in [5.74, 6) is -5.76. The lowest BCUT2D eigenvalue weighted by Gasteiger charge is -2.21. The molecule has 4 heterocycles. The highest BCUT2D eigenvalue weighted by molar-refractivity contribution is 5.47. The molecule has 0 aromatic carbocycles. The Balaban J connectivity index is 0.000000230. The van der Waals surface area contributed by atoms with Crippen molar-refractivity contribution in [3.63, 3.8) is 0 Å². The maximum atomic E-state index is 14.1.